The van der Waals surface area contributed by atoms with E-state index in [1.807, 2.05) is 13.8 Å². The molecule has 89 heavy (non-hydrogen) atoms. The molecule has 4 heterocycles. The summed E-state index contributed by atoms with van der Waals surface area (Å²) >= 11 is 0. The number of allylic oxidation sites excluding steroid dienone is 3. The Balaban J connectivity index is 0.946. The Labute approximate surface area is 528 Å². The molecule has 0 saturated carbocycles. The van der Waals surface area contributed by atoms with Gasteiger partial charge in [-0.3, -0.25) is 33.7 Å². The topological polar surface area (TPSA) is 283 Å². The highest BCUT2D eigenvalue weighted by Crippen LogP contribution is 2.47. The number of amides is 7. The summed E-state index contributed by atoms with van der Waals surface area (Å²) in [6, 6.07) is 5.42. The van der Waals surface area contributed by atoms with Crippen LogP contribution in [-0.2, 0) is 65.5 Å². The zero-order valence-corrected chi connectivity index (χ0v) is 54.5. The molecule has 11 atom stereocenters. The van der Waals surface area contributed by atoms with Crippen molar-refractivity contribution in [2.24, 2.45) is 35.3 Å². The molecule has 4 aliphatic rings. The molecule has 496 valence electrons. The molecular weight excluding hydrogens is 1140 g/mol. The van der Waals surface area contributed by atoms with Crippen molar-refractivity contribution in [2.45, 2.75) is 220 Å². The third kappa shape index (κ3) is 24.8. The van der Waals surface area contributed by atoms with Crippen LogP contribution in [0, 0.1) is 29.6 Å². The van der Waals surface area contributed by atoms with Gasteiger partial charge in [0.2, 0.25) is 5.91 Å². The molecule has 0 aliphatic carbocycles. The fourth-order valence-electron chi connectivity index (χ4n) is 12.5. The van der Waals surface area contributed by atoms with Gasteiger partial charge in [0.05, 0.1) is 48.8 Å². The Morgan fingerprint density at radius 3 is 2.10 bits per heavy atom. The van der Waals surface area contributed by atoms with E-state index in [1.165, 1.54) is 22.6 Å². The van der Waals surface area contributed by atoms with Crippen molar-refractivity contribution >= 4 is 53.3 Å². The van der Waals surface area contributed by atoms with Crippen LogP contribution < -0.4 is 16.4 Å². The number of imide groups is 1. The van der Waals surface area contributed by atoms with E-state index in [-0.39, 0.29) is 136 Å². The lowest BCUT2D eigenvalue weighted by Gasteiger charge is -2.35. The number of urea groups is 1. The second kappa shape index (κ2) is 37.1. The van der Waals surface area contributed by atoms with Crippen LogP contribution in [-0.4, -0.2) is 168 Å². The number of rotatable bonds is 38. The number of hydrogen-bond donors (Lipinski definition) is 4. The number of methoxy groups -OCH3 is 1. The van der Waals surface area contributed by atoms with Crippen molar-refractivity contribution in [2.75, 3.05) is 53.0 Å². The molecule has 1 aromatic rings. The number of epoxide rings is 1. The molecule has 21 heteroatoms. The van der Waals surface area contributed by atoms with E-state index in [0.29, 0.717) is 100 Å². The highest BCUT2D eigenvalue weighted by atomic mass is 16.6. The van der Waals surface area contributed by atoms with Crippen LogP contribution in [0.15, 0.2) is 60.2 Å². The van der Waals surface area contributed by atoms with Gasteiger partial charge in [0.15, 0.2) is 5.78 Å². The first-order valence-corrected chi connectivity index (χ1v) is 32.6. The second-order valence-corrected chi connectivity index (χ2v) is 25.8. The fraction of sp³-hybridized carbons (Fsp3) is 0.691. The Morgan fingerprint density at radius 1 is 0.820 bits per heavy atom. The third-order valence-electron chi connectivity index (χ3n) is 17.8. The molecule has 0 spiro atoms. The number of unbranched alkanes of at least 4 members (excludes halogenated alkanes) is 4. The number of hydrogen-bond acceptors (Lipinski definition) is 15. The van der Waals surface area contributed by atoms with Crippen molar-refractivity contribution in [3.8, 4) is 0 Å². The number of nitrogens with one attached hydrogen (secondary N) is 2. The molecule has 5 N–H and O–H groups in total. The van der Waals surface area contributed by atoms with E-state index in [2.05, 4.69) is 63.5 Å². The smallest absolute Gasteiger partial charge is 0.410 e. The minimum atomic E-state index is -0.905. The lowest BCUT2D eigenvalue weighted by atomic mass is 9.85. The van der Waals surface area contributed by atoms with Gasteiger partial charge in [-0.25, -0.2) is 14.4 Å². The van der Waals surface area contributed by atoms with Gasteiger partial charge in [-0.1, -0.05) is 83.5 Å². The van der Waals surface area contributed by atoms with Gasteiger partial charge in [-0.2, -0.15) is 0 Å². The number of nitrogens with two attached hydrogens (primary N) is 1. The van der Waals surface area contributed by atoms with E-state index in [4.69, 9.17) is 29.4 Å². The minimum Gasteiger partial charge on any atom is -0.449 e. The maximum absolute atomic E-state index is 13.8. The zero-order valence-electron chi connectivity index (χ0n) is 54.5. The molecule has 4 aliphatic heterocycles. The highest BCUT2D eigenvalue weighted by molar-refractivity contribution is 6.12. The Kier molecular flexibility index (Phi) is 30.7. The van der Waals surface area contributed by atoms with E-state index < -0.39 is 42.2 Å². The maximum Gasteiger partial charge on any atom is 0.410 e. The van der Waals surface area contributed by atoms with Gasteiger partial charge in [0, 0.05) is 102 Å². The molecule has 1 aromatic carbocycles. The predicted molar refractivity (Wildman–Crippen MR) is 337 cm³/mol. The first-order valence-electron chi connectivity index (χ1n) is 32.6. The van der Waals surface area contributed by atoms with Gasteiger partial charge in [0.25, 0.3) is 11.8 Å². The zero-order chi connectivity index (χ0) is 65.2. The second-order valence-electron chi connectivity index (χ2n) is 25.8. The fourth-order valence-corrected chi connectivity index (χ4v) is 12.5. The summed E-state index contributed by atoms with van der Waals surface area (Å²) in [5, 5.41) is 15.5. The summed E-state index contributed by atoms with van der Waals surface area (Å²) in [5.74, 6) is -1.38. The van der Waals surface area contributed by atoms with Crippen LogP contribution in [0.2, 0.25) is 0 Å². The molecule has 0 radical (unpaired) electrons. The minimum absolute atomic E-state index is 0.00124. The monoisotopic (exact) mass is 1240 g/mol. The van der Waals surface area contributed by atoms with Crippen molar-refractivity contribution in [3.63, 3.8) is 0 Å². The summed E-state index contributed by atoms with van der Waals surface area (Å²) < 4.78 is 29.5. The first kappa shape index (κ1) is 73.4. The predicted octanol–water partition coefficient (Wildman–Crippen LogP) is 9.04. The number of primary amides is 1. The van der Waals surface area contributed by atoms with Crippen LogP contribution in [0.3, 0.4) is 0 Å². The quantitative estimate of drug-likeness (QED) is 0.0208. The number of carbonyl (C=O) groups is 9. The van der Waals surface area contributed by atoms with Crippen molar-refractivity contribution in [1.29, 1.82) is 0 Å². The summed E-state index contributed by atoms with van der Waals surface area (Å²) in [5.41, 5.74) is 7.53. The van der Waals surface area contributed by atoms with Crippen molar-refractivity contribution in [1.82, 2.24) is 25.3 Å². The van der Waals surface area contributed by atoms with Gasteiger partial charge in [-0.05, 0) is 132 Å². The number of nitrogens with zero attached hydrogens (tertiary/aromatic N) is 3. The van der Waals surface area contributed by atoms with Crippen LogP contribution in [0.25, 0.3) is 0 Å². The number of ether oxygens (including phenoxy) is 5. The Hall–Kier alpha value is -6.29. The third-order valence-corrected chi connectivity index (χ3v) is 17.8. The molecular formula is C68H104N6O15. The summed E-state index contributed by atoms with van der Waals surface area (Å²) in [6.45, 7) is 18.3. The van der Waals surface area contributed by atoms with Gasteiger partial charge in [-0.15, -0.1) is 0 Å². The average molecular weight is 1250 g/mol. The summed E-state index contributed by atoms with van der Waals surface area (Å²) in [7, 11) is 1.63. The molecule has 0 aromatic heterocycles. The summed E-state index contributed by atoms with van der Waals surface area (Å²) in [6.07, 6.45) is 16.9. The summed E-state index contributed by atoms with van der Waals surface area (Å²) in [4.78, 5) is 119. The molecule has 0 bridgehead atoms. The number of carbonyl (C=O) groups excluding carboxylic acids is 9. The molecule has 5 rings (SSSR count). The largest absolute Gasteiger partial charge is 0.449 e. The lowest BCUT2D eigenvalue weighted by molar-refractivity contribution is -0.137. The van der Waals surface area contributed by atoms with E-state index in [0.717, 1.165) is 25.7 Å². The van der Waals surface area contributed by atoms with Gasteiger partial charge < -0.3 is 55.0 Å². The van der Waals surface area contributed by atoms with Crippen molar-refractivity contribution < 1.29 is 71.9 Å². The maximum atomic E-state index is 13.8. The van der Waals surface area contributed by atoms with Crippen LogP contribution >= 0.6 is 0 Å². The molecule has 21 nitrogen and oxygen atoms in total. The number of aliphatic hydroxyl groups is 1. The van der Waals surface area contributed by atoms with Crippen LogP contribution in [0.5, 0.6) is 0 Å². The van der Waals surface area contributed by atoms with Crippen LogP contribution in [0.4, 0.5) is 14.4 Å². The number of Topliss-reactive ketones (excluding diaryl/α,β-unsaturated/α-hetero) is 3. The van der Waals surface area contributed by atoms with Gasteiger partial charge in [0.1, 0.15) is 18.2 Å². The lowest BCUT2D eigenvalue weighted by Crippen LogP contribution is -2.46. The first-order chi connectivity index (χ1) is 42.4. The standard InChI is InChI=1S/C68H104N6O15/c1-45(2)56(42-54(77)22-12-10-14-37-74-59(79)32-33-60(74)80)64(81)71-57(23-17-34-70-65(69)82)58(78)41-51-25-27-52(28-26-51)44-87-67(84)73-36-18-35-72(38-39-73)66(83)86-40-15-11-13-21-53(76)29-31-55-30-24-48(5)61(88-55)47(4)20-16-19-46(3)43-68(8)63(89-68)49(6)62(85-9)50(7)75/h16,19-20,25-28,32-33,45-46,48-50,55-57,61-63,75H,10-15,17-18,21-24,29-31,34-44H2,1-9H3,(H,71,81)(H3,69,70,82)/b19-16+,47-20+/t46-,48+,49-,50-,55-,56+,57+,61-,62-,63-,68-/m1/s1. The highest BCUT2D eigenvalue weighted by Gasteiger charge is 2.57. The molecule has 7 amide bonds. The van der Waals surface area contributed by atoms with Crippen LogP contribution in [0.1, 0.15) is 176 Å². The Bertz CT molecular complexity index is 2590. The Morgan fingerprint density at radius 2 is 1.46 bits per heavy atom. The average Bonchev–Trinajstić information content (AvgIpc) is 1.61. The van der Waals surface area contributed by atoms with E-state index in [1.54, 1.807) is 48.1 Å². The SMILES string of the molecule is CO[C@H]([C@@H](C)[C@H]1O[C@]1(C)C[C@H](C)/C=C/C=C(\C)[C@H]1O[C@@H](CCC(=O)CCCCCOC(=O)N2CCCN(C(=O)OCc3ccc(CC(=O)[C@H](CCCNC(N)=O)NC(=O)[C@@H](CC(=O)CCCCCN4C(=O)C=CC4=O)C(C)C)cc3)CC2)CC[C@@H]1C)[C@@H](C)O. The molecule has 3 fully saturated rings. The van der Waals surface area contributed by atoms with E-state index >= 15 is 0 Å². The molecule has 3 saturated heterocycles. The van der Waals surface area contributed by atoms with Crippen molar-refractivity contribution in [3.05, 3.63) is 71.3 Å². The number of aliphatic hydroxyl groups excluding tert-OH is 1. The molecule has 0 unspecified atom stereocenters. The normalized spacial score (nSPS) is 22.5. The van der Waals surface area contributed by atoms with Gasteiger partial charge >= 0.3 is 18.2 Å². The van der Waals surface area contributed by atoms with E-state index in [9.17, 15) is 48.3 Å². The number of ketones is 3. The number of benzene rings is 1.